The van der Waals surface area contributed by atoms with Crippen molar-refractivity contribution < 1.29 is 9.53 Å². The normalized spacial score (nSPS) is 21.7. The van der Waals surface area contributed by atoms with Crippen LogP contribution in [0.15, 0.2) is 48.5 Å². The number of carbonyl (C=O) groups excluding carboxylic acids is 1. The van der Waals surface area contributed by atoms with E-state index in [1.807, 2.05) is 30.9 Å². The lowest BCUT2D eigenvalue weighted by Crippen LogP contribution is -2.57. The molecule has 4 rings (SSSR count). The Bertz CT molecular complexity index is 860. The first-order valence-electron chi connectivity index (χ1n) is 10.6. The fourth-order valence-electron chi connectivity index (χ4n) is 4.55. The molecule has 6 heteroatoms. The first kappa shape index (κ1) is 22.9. The van der Waals surface area contributed by atoms with Gasteiger partial charge in [0.1, 0.15) is 5.75 Å². The summed E-state index contributed by atoms with van der Waals surface area (Å²) in [4.78, 5) is 17.7. The quantitative estimate of drug-likeness (QED) is 0.639. The SMILES string of the molecule is CC(C)Oc1cccc(C(=O)N2CCN3C[C@@H](c4ccccc4)CC[C@@H]3C2)c1Cl.Cl. The molecule has 2 aromatic rings. The average molecular weight is 449 g/mol. The maximum absolute atomic E-state index is 13.2. The minimum Gasteiger partial charge on any atom is -0.489 e. The van der Waals surface area contributed by atoms with Crippen LogP contribution in [0.1, 0.15) is 48.5 Å². The number of amides is 1. The van der Waals surface area contributed by atoms with E-state index < -0.39 is 0 Å². The summed E-state index contributed by atoms with van der Waals surface area (Å²) in [5, 5.41) is 0.418. The van der Waals surface area contributed by atoms with Crippen molar-refractivity contribution in [3.05, 3.63) is 64.7 Å². The van der Waals surface area contributed by atoms with Crippen LogP contribution in [0, 0.1) is 0 Å². The van der Waals surface area contributed by atoms with E-state index in [1.165, 1.54) is 12.0 Å². The van der Waals surface area contributed by atoms with Gasteiger partial charge in [-0.2, -0.15) is 0 Å². The van der Waals surface area contributed by atoms with E-state index in [-0.39, 0.29) is 24.4 Å². The molecule has 2 saturated heterocycles. The molecular formula is C24H30Cl2N2O2. The van der Waals surface area contributed by atoms with E-state index in [0.717, 1.165) is 32.6 Å². The third-order valence-electron chi connectivity index (χ3n) is 6.02. The molecule has 2 aliphatic heterocycles. The predicted molar refractivity (Wildman–Crippen MR) is 124 cm³/mol. The molecule has 2 heterocycles. The van der Waals surface area contributed by atoms with Crippen LogP contribution >= 0.6 is 24.0 Å². The number of halogens is 2. The molecule has 0 bridgehead atoms. The average Bonchev–Trinajstić information content (AvgIpc) is 2.74. The second-order valence-corrected chi connectivity index (χ2v) is 8.75. The van der Waals surface area contributed by atoms with Crippen molar-refractivity contribution >= 4 is 29.9 Å². The number of rotatable bonds is 4. The molecule has 2 aromatic carbocycles. The lowest BCUT2D eigenvalue weighted by Gasteiger charge is -2.46. The van der Waals surface area contributed by atoms with Crippen LogP contribution in [0.5, 0.6) is 5.75 Å². The van der Waals surface area contributed by atoms with Gasteiger partial charge >= 0.3 is 0 Å². The molecule has 30 heavy (non-hydrogen) atoms. The Balaban J connectivity index is 0.00000256. The van der Waals surface area contributed by atoms with Gasteiger partial charge < -0.3 is 9.64 Å². The zero-order valence-electron chi connectivity index (χ0n) is 17.6. The molecule has 1 amide bonds. The Morgan fingerprint density at radius 1 is 1.03 bits per heavy atom. The van der Waals surface area contributed by atoms with Crippen molar-refractivity contribution in [1.29, 1.82) is 0 Å². The van der Waals surface area contributed by atoms with Crippen LogP contribution in [-0.2, 0) is 0 Å². The summed E-state index contributed by atoms with van der Waals surface area (Å²) in [7, 11) is 0. The zero-order chi connectivity index (χ0) is 20.4. The highest BCUT2D eigenvalue weighted by molar-refractivity contribution is 6.35. The second kappa shape index (κ2) is 10.0. The van der Waals surface area contributed by atoms with E-state index in [2.05, 4.69) is 35.2 Å². The van der Waals surface area contributed by atoms with Crippen molar-refractivity contribution in [2.75, 3.05) is 26.2 Å². The van der Waals surface area contributed by atoms with Gasteiger partial charge in [0.05, 0.1) is 16.7 Å². The molecule has 162 valence electrons. The maximum Gasteiger partial charge on any atom is 0.255 e. The Labute approximate surface area is 190 Å². The number of benzene rings is 2. The summed E-state index contributed by atoms with van der Waals surface area (Å²) < 4.78 is 5.75. The van der Waals surface area contributed by atoms with Gasteiger partial charge in [-0.15, -0.1) is 12.4 Å². The smallest absolute Gasteiger partial charge is 0.255 e. The fraction of sp³-hybridized carbons (Fsp3) is 0.458. The number of piperazine rings is 1. The molecule has 0 aliphatic carbocycles. The van der Waals surface area contributed by atoms with Gasteiger partial charge in [0.15, 0.2) is 0 Å². The van der Waals surface area contributed by atoms with Crippen molar-refractivity contribution in [1.82, 2.24) is 9.80 Å². The number of nitrogens with zero attached hydrogens (tertiary/aromatic N) is 2. The second-order valence-electron chi connectivity index (χ2n) is 8.37. The Hall–Kier alpha value is -1.75. The van der Waals surface area contributed by atoms with Gasteiger partial charge in [-0.3, -0.25) is 9.69 Å². The summed E-state index contributed by atoms with van der Waals surface area (Å²) in [5.74, 6) is 1.18. The molecule has 0 unspecified atom stereocenters. The monoisotopic (exact) mass is 448 g/mol. The Morgan fingerprint density at radius 3 is 2.53 bits per heavy atom. The van der Waals surface area contributed by atoms with Crippen molar-refractivity contribution in [3.8, 4) is 5.75 Å². The molecule has 2 atom stereocenters. The topological polar surface area (TPSA) is 32.8 Å². The maximum atomic E-state index is 13.2. The van der Waals surface area contributed by atoms with E-state index in [9.17, 15) is 4.79 Å². The van der Waals surface area contributed by atoms with Crippen molar-refractivity contribution in [3.63, 3.8) is 0 Å². The van der Waals surface area contributed by atoms with Crippen LogP contribution in [0.4, 0.5) is 0 Å². The lowest BCUT2D eigenvalue weighted by molar-refractivity contribution is 0.0329. The number of carbonyl (C=O) groups is 1. The van der Waals surface area contributed by atoms with Crippen LogP contribution < -0.4 is 4.74 Å². The van der Waals surface area contributed by atoms with Crippen LogP contribution in [0.25, 0.3) is 0 Å². The molecule has 0 spiro atoms. The summed E-state index contributed by atoms with van der Waals surface area (Å²) in [5.41, 5.74) is 1.97. The van der Waals surface area contributed by atoms with Gasteiger partial charge in [-0.1, -0.05) is 48.0 Å². The molecule has 2 aliphatic rings. The predicted octanol–water partition coefficient (Wildman–Crippen LogP) is 5.25. The minimum absolute atomic E-state index is 0. The third kappa shape index (κ3) is 4.93. The molecule has 0 radical (unpaired) electrons. The van der Waals surface area contributed by atoms with Crippen molar-refractivity contribution in [2.24, 2.45) is 0 Å². The summed E-state index contributed by atoms with van der Waals surface area (Å²) >= 11 is 6.51. The standard InChI is InChI=1S/C24H29ClN2O2.ClH/c1-17(2)29-22-10-6-9-21(23(22)25)24(28)27-14-13-26-15-19(11-12-20(26)16-27)18-7-4-3-5-8-18;/h3-10,17,19-20H,11-16H2,1-2H3;1H/t19-,20+;/m0./s1. The summed E-state index contributed by atoms with van der Waals surface area (Å²) in [6, 6.07) is 16.7. The number of hydrogen-bond acceptors (Lipinski definition) is 3. The molecule has 0 aromatic heterocycles. The van der Waals surface area contributed by atoms with E-state index >= 15 is 0 Å². The molecule has 0 saturated carbocycles. The number of ether oxygens (including phenoxy) is 1. The third-order valence-corrected chi connectivity index (χ3v) is 6.41. The van der Waals surface area contributed by atoms with Crippen LogP contribution in [0.2, 0.25) is 5.02 Å². The Kier molecular flexibility index (Phi) is 7.67. The first-order valence-corrected chi connectivity index (χ1v) is 10.9. The highest BCUT2D eigenvalue weighted by Gasteiger charge is 2.35. The van der Waals surface area contributed by atoms with E-state index in [1.54, 1.807) is 6.07 Å². The molecular weight excluding hydrogens is 419 g/mol. The molecule has 0 N–H and O–H groups in total. The fourth-order valence-corrected chi connectivity index (χ4v) is 4.80. The van der Waals surface area contributed by atoms with Gasteiger partial charge in [0, 0.05) is 32.2 Å². The van der Waals surface area contributed by atoms with Crippen molar-refractivity contribution in [2.45, 2.75) is 44.8 Å². The van der Waals surface area contributed by atoms with Crippen LogP contribution in [-0.4, -0.2) is 54.0 Å². The van der Waals surface area contributed by atoms with E-state index in [0.29, 0.717) is 28.3 Å². The minimum atomic E-state index is 0. The lowest BCUT2D eigenvalue weighted by atomic mass is 9.86. The highest BCUT2D eigenvalue weighted by atomic mass is 35.5. The molecule has 4 nitrogen and oxygen atoms in total. The Morgan fingerprint density at radius 2 is 1.80 bits per heavy atom. The highest BCUT2D eigenvalue weighted by Crippen LogP contribution is 2.33. The molecule has 2 fully saturated rings. The van der Waals surface area contributed by atoms with E-state index in [4.69, 9.17) is 16.3 Å². The first-order chi connectivity index (χ1) is 14.0. The summed E-state index contributed by atoms with van der Waals surface area (Å²) in [6.45, 7) is 7.41. The number of piperidine rings is 1. The number of hydrogen-bond donors (Lipinski definition) is 0. The number of fused-ring (bicyclic) bond motifs is 1. The van der Waals surface area contributed by atoms with Gasteiger partial charge in [0.2, 0.25) is 0 Å². The van der Waals surface area contributed by atoms with Gasteiger partial charge in [0.25, 0.3) is 5.91 Å². The zero-order valence-corrected chi connectivity index (χ0v) is 19.2. The summed E-state index contributed by atoms with van der Waals surface area (Å²) in [6.07, 6.45) is 2.31. The van der Waals surface area contributed by atoms with Gasteiger partial charge in [-0.25, -0.2) is 0 Å². The van der Waals surface area contributed by atoms with Crippen LogP contribution in [0.3, 0.4) is 0 Å². The van der Waals surface area contributed by atoms with Gasteiger partial charge in [-0.05, 0) is 50.3 Å². The largest absolute Gasteiger partial charge is 0.489 e.